The molecule has 1 aliphatic rings. The molecule has 2 amide bonds. The average molecular weight is 178 g/mol. The summed E-state index contributed by atoms with van der Waals surface area (Å²) in [5, 5.41) is 0. The van der Waals surface area contributed by atoms with Gasteiger partial charge in [0.2, 0.25) is 11.8 Å². The van der Waals surface area contributed by atoms with E-state index in [2.05, 4.69) is 0 Å². The van der Waals surface area contributed by atoms with Gasteiger partial charge in [-0.3, -0.25) is 9.59 Å². The molecule has 0 aliphatic carbocycles. The number of amides is 2. The van der Waals surface area contributed by atoms with E-state index in [0.29, 0.717) is 18.5 Å². The van der Waals surface area contributed by atoms with Crippen molar-refractivity contribution in [2.24, 2.45) is 7.05 Å². The molecule has 0 aromatic carbocycles. The molecule has 0 atom stereocenters. The fraction of sp³-hybridized carbons (Fsp3) is 0.333. The van der Waals surface area contributed by atoms with Crippen molar-refractivity contribution < 1.29 is 9.59 Å². The summed E-state index contributed by atoms with van der Waals surface area (Å²) in [7, 11) is 1.86. The molecule has 1 saturated heterocycles. The number of aryl methyl sites for hydroxylation is 1. The minimum absolute atomic E-state index is 0.101. The van der Waals surface area contributed by atoms with Crippen molar-refractivity contribution in [1.29, 1.82) is 0 Å². The first-order chi connectivity index (χ1) is 6.18. The second-order valence-electron chi connectivity index (χ2n) is 3.16. The van der Waals surface area contributed by atoms with E-state index in [0.717, 1.165) is 0 Å². The van der Waals surface area contributed by atoms with Crippen molar-refractivity contribution in [1.82, 2.24) is 4.57 Å². The van der Waals surface area contributed by atoms with Crippen molar-refractivity contribution in [3.8, 4) is 0 Å². The summed E-state index contributed by atoms with van der Waals surface area (Å²) in [5.41, 5.74) is 0.676. The van der Waals surface area contributed by atoms with E-state index in [-0.39, 0.29) is 11.8 Å². The standard InChI is InChI=1S/C9H10N2O2/c1-10-5-4-7(6-10)11-8(12)2-3-9(11)13/h4-6H,2-3H2,1H3. The molecule has 0 N–H and O–H groups in total. The van der Waals surface area contributed by atoms with Crippen molar-refractivity contribution >= 4 is 17.5 Å². The topological polar surface area (TPSA) is 42.3 Å². The molecule has 4 nitrogen and oxygen atoms in total. The molecule has 4 heteroatoms. The summed E-state index contributed by atoms with van der Waals surface area (Å²) in [6, 6.07) is 1.76. The maximum absolute atomic E-state index is 11.3. The zero-order valence-electron chi connectivity index (χ0n) is 7.36. The Hall–Kier alpha value is -1.58. The molecule has 0 spiro atoms. The monoisotopic (exact) mass is 178 g/mol. The van der Waals surface area contributed by atoms with Crippen LogP contribution in [0.4, 0.5) is 5.69 Å². The Labute approximate surface area is 75.8 Å². The van der Waals surface area contributed by atoms with Gasteiger partial charge in [0.1, 0.15) is 0 Å². The Morgan fingerprint density at radius 2 is 1.85 bits per heavy atom. The van der Waals surface area contributed by atoms with Crippen LogP contribution in [-0.4, -0.2) is 16.4 Å². The number of imide groups is 1. The van der Waals surface area contributed by atoms with Gasteiger partial charge >= 0.3 is 0 Å². The van der Waals surface area contributed by atoms with Crippen LogP contribution in [0.5, 0.6) is 0 Å². The Balaban J connectivity index is 2.35. The largest absolute Gasteiger partial charge is 0.355 e. The normalized spacial score (nSPS) is 17.2. The summed E-state index contributed by atoms with van der Waals surface area (Å²) in [4.78, 5) is 23.8. The molecule has 2 heterocycles. The molecular formula is C9H10N2O2. The summed E-state index contributed by atoms with van der Waals surface area (Å²) >= 11 is 0. The third-order valence-electron chi connectivity index (χ3n) is 2.13. The number of carbonyl (C=O) groups excluding carboxylic acids is 2. The van der Waals surface area contributed by atoms with Crippen LogP contribution in [0, 0.1) is 0 Å². The van der Waals surface area contributed by atoms with Crippen molar-refractivity contribution in [3.63, 3.8) is 0 Å². The van der Waals surface area contributed by atoms with Crippen LogP contribution in [-0.2, 0) is 16.6 Å². The lowest BCUT2D eigenvalue weighted by Gasteiger charge is -2.10. The average Bonchev–Trinajstić information content (AvgIpc) is 2.60. The maximum Gasteiger partial charge on any atom is 0.234 e. The minimum atomic E-state index is -0.101. The first-order valence-electron chi connectivity index (χ1n) is 4.16. The van der Waals surface area contributed by atoms with Gasteiger partial charge in [-0.25, -0.2) is 4.90 Å². The van der Waals surface area contributed by atoms with Crippen LogP contribution in [0.1, 0.15) is 12.8 Å². The molecule has 0 saturated carbocycles. The number of rotatable bonds is 1. The quantitative estimate of drug-likeness (QED) is 0.593. The van der Waals surface area contributed by atoms with Gasteiger partial charge in [0.15, 0.2) is 0 Å². The number of anilines is 1. The lowest BCUT2D eigenvalue weighted by atomic mass is 10.4. The van der Waals surface area contributed by atoms with E-state index >= 15 is 0 Å². The highest BCUT2D eigenvalue weighted by atomic mass is 16.2. The van der Waals surface area contributed by atoms with Gasteiger partial charge in [0.05, 0.1) is 5.69 Å². The smallest absolute Gasteiger partial charge is 0.234 e. The summed E-state index contributed by atoms with van der Waals surface area (Å²) in [6.45, 7) is 0. The fourth-order valence-electron chi connectivity index (χ4n) is 1.49. The van der Waals surface area contributed by atoms with Crippen molar-refractivity contribution in [2.75, 3.05) is 4.90 Å². The van der Waals surface area contributed by atoms with Crippen LogP contribution < -0.4 is 4.90 Å². The molecule has 2 rings (SSSR count). The predicted molar refractivity (Wildman–Crippen MR) is 47.1 cm³/mol. The van der Waals surface area contributed by atoms with Crippen LogP contribution in [0.15, 0.2) is 18.5 Å². The van der Waals surface area contributed by atoms with E-state index in [1.54, 1.807) is 12.3 Å². The molecule has 0 bridgehead atoms. The number of nitrogens with zero attached hydrogens (tertiary/aromatic N) is 2. The molecule has 1 aliphatic heterocycles. The Morgan fingerprint density at radius 1 is 1.23 bits per heavy atom. The fourth-order valence-corrected chi connectivity index (χ4v) is 1.49. The molecule has 1 aromatic rings. The Kier molecular flexibility index (Phi) is 1.69. The van der Waals surface area contributed by atoms with E-state index in [1.165, 1.54) is 4.90 Å². The second kappa shape index (κ2) is 2.73. The first-order valence-corrected chi connectivity index (χ1v) is 4.16. The number of aromatic nitrogens is 1. The summed E-state index contributed by atoms with van der Waals surface area (Å²) < 4.78 is 1.81. The summed E-state index contributed by atoms with van der Waals surface area (Å²) in [6.07, 6.45) is 4.26. The van der Waals surface area contributed by atoms with Gasteiger partial charge in [-0.15, -0.1) is 0 Å². The number of carbonyl (C=O) groups is 2. The van der Waals surface area contributed by atoms with Gasteiger partial charge in [0, 0.05) is 32.3 Å². The van der Waals surface area contributed by atoms with Gasteiger partial charge in [0.25, 0.3) is 0 Å². The van der Waals surface area contributed by atoms with E-state index in [1.807, 2.05) is 17.8 Å². The molecule has 0 unspecified atom stereocenters. The molecule has 13 heavy (non-hydrogen) atoms. The van der Waals surface area contributed by atoms with Crippen molar-refractivity contribution in [2.45, 2.75) is 12.8 Å². The number of hydrogen-bond acceptors (Lipinski definition) is 2. The molecular weight excluding hydrogens is 168 g/mol. The molecule has 68 valence electrons. The highest BCUT2D eigenvalue weighted by Crippen LogP contribution is 2.21. The highest BCUT2D eigenvalue weighted by Gasteiger charge is 2.30. The lowest BCUT2D eigenvalue weighted by Crippen LogP contribution is -2.28. The third-order valence-corrected chi connectivity index (χ3v) is 2.13. The van der Waals surface area contributed by atoms with Crippen LogP contribution in [0.3, 0.4) is 0 Å². The molecule has 1 fully saturated rings. The van der Waals surface area contributed by atoms with Crippen LogP contribution in [0.25, 0.3) is 0 Å². The maximum atomic E-state index is 11.3. The minimum Gasteiger partial charge on any atom is -0.355 e. The predicted octanol–water partition coefficient (Wildman–Crippen LogP) is 0.678. The van der Waals surface area contributed by atoms with Crippen LogP contribution in [0.2, 0.25) is 0 Å². The van der Waals surface area contributed by atoms with E-state index in [4.69, 9.17) is 0 Å². The first kappa shape index (κ1) is 8.04. The van der Waals surface area contributed by atoms with Crippen molar-refractivity contribution in [3.05, 3.63) is 18.5 Å². The van der Waals surface area contributed by atoms with E-state index in [9.17, 15) is 9.59 Å². The summed E-state index contributed by atoms with van der Waals surface area (Å²) in [5.74, 6) is -0.201. The third kappa shape index (κ3) is 1.24. The van der Waals surface area contributed by atoms with Gasteiger partial charge in [-0.1, -0.05) is 0 Å². The SMILES string of the molecule is Cn1ccc(N2C(=O)CCC2=O)c1. The van der Waals surface area contributed by atoms with E-state index < -0.39 is 0 Å². The lowest BCUT2D eigenvalue weighted by molar-refractivity contribution is -0.121. The van der Waals surface area contributed by atoms with Gasteiger partial charge < -0.3 is 4.57 Å². The van der Waals surface area contributed by atoms with Gasteiger partial charge in [-0.2, -0.15) is 0 Å². The molecule has 1 aromatic heterocycles. The van der Waals surface area contributed by atoms with Crippen LogP contribution >= 0.6 is 0 Å². The number of hydrogen-bond donors (Lipinski definition) is 0. The highest BCUT2D eigenvalue weighted by molar-refractivity contribution is 6.19. The Bertz CT molecular complexity index is 351. The second-order valence-corrected chi connectivity index (χ2v) is 3.16. The van der Waals surface area contributed by atoms with Gasteiger partial charge in [-0.05, 0) is 6.07 Å². The molecule has 0 radical (unpaired) electrons. The zero-order valence-corrected chi connectivity index (χ0v) is 7.36. The Morgan fingerprint density at radius 3 is 2.31 bits per heavy atom. The zero-order chi connectivity index (χ0) is 9.42.